The molecule has 0 unspecified atom stereocenters. The number of aryl methyl sites for hydroxylation is 1. The summed E-state index contributed by atoms with van der Waals surface area (Å²) in [4.78, 5) is 14.6. The molecule has 1 aromatic heterocycles. The van der Waals surface area contributed by atoms with Crippen molar-refractivity contribution in [2.45, 2.75) is 32.7 Å². The fourth-order valence-corrected chi connectivity index (χ4v) is 3.22. The molecule has 24 heavy (non-hydrogen) atoms. The molecule has 2 heterocycles. The number of hydrogen-bond donors (Lipinski definition) is 1. The highest BCUT2D eigenvalue weighted by Gasteiger charge is 2.22. The second kappa shape index (κ2) is 7.51. The molecule has 0 radical (unpaired) electrons. The number of hydrogen-bond acceptors (Lipinski definition) is 3. The Balaban J connectivity index is 1.55. The van der Waals surface area contributed by atoms with Crippen LogP contribution in [0.3, 0.4) is 0 Å². The third-order valence-electron chi connectivity index (χ3n) is 4.87. The average Bonchev–Trinajstić information content (AvgIpc) is 3.05. The molecular formula is C19H26N4O. The Kier molecular flexibility index (Phi) is 5.18. The van der Waals surface area contributed by atoms with Crippen molar-refractivity contribution >= 4 is 11.6 Å². The second-order valence-electron chi connectivity index (χ2n) is 6.60. The molecule has 0 spiro atoms. The molecule has 0 saturated carbocycles. The molecule has 2 aromatic rings. The Morgan fingerprint density at radius 3 is 2.54 bits per heavy atom. The summed E-state index contributed by atoms with van der Waals surface area (Å²) in [5.41, 5.74) is 2.92. The second-order valence-corrected chi connectivity index (χ2v) is 6.60. The van der Waals surface area contributed by atoms with Crippen LogP contribution in [0.5, 0.6) is 0 Å². The number of rotatable bonds is 5. The number of nitrogens with one attached hydrogen (secondary N) is 1. The minimum absolute atomic E-state index is 0.156. The molecule has 0 aliphatic carbocycles. The third-order valence-corrected chi connectivity index (χ3v) is 4.87. The monoisotopic (exact) mass is 326 g/mol. The van der Waals surface area contributed by atoms with E-state index in [2.05, 4.69) is 17.3 Å². The van der Waals surface area contributed by atoms with Crippen LogP contribution < -0.4 is 5.32 Å². The number of piperidine rings is 1. The van der Waals surface area contributed by atoms with Crippen LogP contribution in [-0.2, 0) is 13.6 Å². The number of carbonyl (C=O) groups excluding carboxylic acids is 1. The largest absolute Gasteiger partial charge is 0.381 e. The van der Waals surface area contributed by atoms with Crippen LogP contribution in [0.4, 0.5) is 5.69 Å². The zero-order valence-electron chi connectivity index (χ0n) is 14.5. The maximum Gasteiger partial charge on any atom is 0.253 e. The van der Waals surface area contributed by atoms with Crippen molar-refractivity contribution in [2.24, 2.45) is 13.0 Å². The first-order valence-electron chi connectivity index (χ1n) is 8.76. The molecule has 3 rings (SSSR count). The lowest BCUT2D eigenvalue weighted by molar-refractivity contribution is 0.0689. The molecule has 1 aromatic carbocycles. The Labute approximate surface area is 143 Å². The fraction of sp³-hybridized carbons (Fsp3) is 0.474. The minimum atomic E-state index is 0.156. The summed E-state index contributed by atoms with van der Waals surface area (Å²) in [6, 6.07) is 7.78. The highest BCUT2D eigenvalue weighted by molar-refractivity contribution is 5.94. The van der Waals surface area contributed by atoms with Crippen molar-refractivity contribution in [3.8, 4) is 0 Å². The molecule has 5 nitrogen and oxygen atoms in total. The van der Waals surface area contributed by atoms with Gasteiger partial charge in [-0.05, 0) is 43.0 Å². The first kappa shape index (κ1) is 16.6. The van der Waals surface area contributed by atoms with Crippen molar-refractivity contribution in [1.29, 1.82) is 0 Å². The van der Waals surface area contributed by atoms with Gasteiger partial charge in [0.2, 0.25) is 0 Å². The molecule has 5 heteroatoms. The lowest BCUT2D eigenvalue weighted by atomic mass is 9.94. The van der Waals surface area contributed by atoms with Crippen molar-refractivity contribution in [1.82, 2.24) is 14.7 Å². The SMILES string of the molecule is CCC1CCN(C(=O)c2ccc(NCc3cnn(C)c3)cc2)CC1. The molecule has 0 atom stereocenters. The normalized spacial score (nSPS) is 15.5. The number of aromatic nitrogens is 2. The van der Waals surface area contributed by atoms with Crippen LogP contribution >= 0.6 is 0 Å². The van der Waals surface area contributed by atoms with E-state index in [1.54, 1.807) is 4.68 Å². The zero-order chi connectivity index (χ0) is 16.9. The van der Waals surface area contributed by atoms with E-state index < -0.39 is 0 Å². The van der Waals surface area contributed by atoms with E-state index >= 15 is 0 Å². The lowest BCUT2D eigenvalue weighted by Crippen LogP contribution is -2.38. The smallest absolute Gasteiger partial charge is 0.253 e. The van der Waals surface area contributed by atoms with Gasteiger partial charge in [0.25, 0.3) is 5.91 Å². The van der Waals surface area contributed by atoms with E-state index in [0.717, 1.165) is 55.2 Å². The molecule has 1 aliphatic rings. The van der Waals surface area contributed by atoms with Crippen molar-refractivity contribution in [3.63, 3.8) is 0 Å². The van der Waals surface area contributed by atoms with Gasteiger partial charge in [-0.2, -0.15) is 5.10 Å². The number of anilines is 1. The van der Waals surface area contributed by atoms with E-state index in [-0.39, 0.29) is 5.91 Å². The van der Waals surface area contributed by atoms with Crippen LogP contribution in [0.2, 0.25) is 0 Å². The van der Waals surface area contributed by atoms with Crippen LogP contribution in [0, 0.1) is 5.92 Å². The van der Waals surface area contributed by atoms with E-state index in [9.17, 15) is 4.79 Å². The molecular weight excluding hydrogens is 300 g/mol. The average molecular weight is 326 g/mol. The molecule has 128 valence electrons. The maximum absolute atomic E-state index is 12.6. The molecule has 1 N–H and O–H groups in total. The predicted octanol–water partition coefficient (Wildman–Crippen LogP) is 3.29. The molecule has 1 aliphatic heterocycles. The number of carbonyl (C=O) groups is 1. The molecule has 1 amide bonds. The predicted molar refractivity (Wildman–Crippen MR) is 95.9 cm³/mol. The number of benzene rings is 1. The van der Waals surface area contributed by atoms with Gasteiger partial charge in [0.1, 0.15) is 0 Å². The van der Waals surface area contributed by atoms with Gasteiger partial charge < -0.3 is 10.2 Å². The highest BCUT2D eigenvalue weighted by Crippen LogP contribution is 2.22. The quantitative estimate of drug-likeness (QED) is 0.917. The lowest BCUT2D eigenvalue weighted by Gasteiger charge is -2.31. The van der Waals surface area contributed by atoms with Crippen LogP contribution in [0.15, 0.2) is 36.7 Å². The molecule has 1 saturated heterocycles. The van der Waals surface area contributed by atoms with Gasteiger partial charge in [-0.15, -0.1) is 0 Å². The van der Waals surface area contributed by atoms with Gasteiger partial charge in [0.05, 0.1) is 6.20 Å². The van der Waals surface area contributed by atoms with Gasteiger partial charge in [-0.25, -0.2) is 0 Å². The standard InChI is InChI=1S/C19H26N4O/c1-3-15-8-10-23(11-9-15)19(24)17-4-6-18(7-5-17)20-12-16-13-21-22(2)14-16/h4-7,13-15,20H,3,8-12H2,1-2H3. The first-order chi connectivity index (χ1) is 11.7. The van der Waals surface area contributed by atoms with Crippen LogP contribution in [0.25, 0.3) is 0 Å². The van der Waals surface area contributed by atoms with Crippen LogP contribution in [0.1, 0.15) is 42.1 Å². The summed E-state index contributed by atoms with van der Waals surface area (Å²) < 4.78 is 1.79. The fourth-order valence-electron chi connectivity index (χ4n) is 3.22. The van der Waals surface area contributed by atoms with Gasteiger partial charge in [-0.3, -0.25) is 9.48 Å². The Hall–Kier alpha value is -2.30. The van der Waals surface area contributed by atoms with Crippen molar-refractivity contribution < 1.29 is 4.79 Å². The van der Waals surface area contributed by atoms with E-state index in [1.165, 1.54) is 6.42 Å². The Morgan fingerprint density at radius 1 is 1.25 bits per heavy atom. The highest BCUT2D eigenvalue weighted by atomic mass is 16.2. The van der Waals surface area contributed by atoms with Crippen molar-refractivity contribution in [2.75, 3.05) is 18.4 Å². The minimum Gasteiger partial charge on any atom is -0.381 e. The molecule has 1 fully saturated rings. The Morgan fingerprint density at radius 2 is 1.96 bits per heavy atom. The number of nitrogens with zero attached hydrogens (tertiary/aromatic N) is 3. The summed E-state index contributed by atoms with van der Waals surface area (Å²) in [5.74, 6) is 0.941. The summed E-state index contributed by atoms with van der Waals surface area (Å²) in [7, 11) is 1.91. The van der Waals surface area contributed by atoms with Gasteiger partial charge in [0.15, 0.2) is 0 Å². The van der Waals surface area contributed by atoms with Crippen molar-refractivity contribution in [3.05, 3.63) is 47.8 Å². The summed E-state index contributed by atoms with van der Waals surface area (Å²) >= 11 is 0. The van der Waals surface area contributed by atoms with Gasteiger partial charge in [-0.1, -0.05) is 13.3 Å². The zero-order valence-corrected chi connectivity index (χ0v) is 14.5. The summed E-state index contributed by atoms with van der Waals surface area (Å²) in [6.45, 7) is 4.74. The Bertz CT molecular complexity index is 669. The summed E-state index contributed by atoms with van der Waals surface area (Å²) in [6.07, 6.45) is 7.33. The summed E-state index contributed by atoms with van der Waals surface area (Å²) in [5, 5.41) is 7.51. The molecule has 0 bridgehead atoms. The number of likely N-dealkylation sites (tertiary alicyclic amines) is 1. The van der Waals surface area contributed by atoms with Gasteiger partial charge in [0, 0.05) is 49.7 Å². The van der Waals surface area contributed by atoms with E-state index in [4.69, 9.17) is 0 Å². The van der Waals surface area contributed by atoms with Gasteiger partial charge >= 0.3 is 0 Å². The van der Waals surface area contributed by atoms with E-state index in [1.807, 2.05) is 48.6 Å². The number of amides is 1. The van der Waals surface area contributed by atoms with Crippen LogP contribution in [-0.4, -0.2) is 33.7 Å². The topological polar surface area (TPSA) is 50.2 Å². The maximum atomic E-state index is 12.6. The van der Waals surface area contributed by atoms with E-state index in [0.29, 0.717) is 0 Å². The first-order valence-corrected chi connectivity index (χ1v) is 8.76. The third kappa shape index (κ3) is 3.96.